The molecule has 0 bridgehead atoms. The summed E-state index contributed by atoms with van der Waals surface area (Å²) in [4.78, 5) is 19.2. The van der Waals surface area contributed by atoms with Crippen LogP contribution in [0.3, 0.4) is 0 Å². The van der Waals surface area contributed by atoms with Gasteiger partial charge in [0, 0.05) is 30.8 Å². The number of benzene rings is 2. The number of nitrogens with zero attached hydrogens (tertiary/aromatic N) is 3. The van der Waals surface area contributed by atoms with Crippen molar-refractivity contribution in [1.82, 2.24) is 15.0 Å². The van der Waals surface area contributed by atoms with Gasteiger partial charge in [-0.05, 0) is 42.3 Å². The molecule has 0 saturated carbocycles. The van der Waals surface area contributed by atoms with E-state index in [0.29, 0.717) is 42.0 Å². The first-order valence-electron chi connectivity index (χ1n) is 9.85. The molecular formula is C22H24N4O4. The highest BCUT2D eigenvalue weighted by Gasteiger charge is 2.26. The van der Waals surface area contributed by atoms with Crippen LogP contribution in [0.4, 0.5) is 5.95 Å². The molecule has 4 rings (SSSR count). The molecule has 0 unspecified atom stereocenters. The van der Waals surface area contributed by atoms with Crippen molar-refractivity contribution in [2.24, 2.45) is 0 Å². The van der Waals surface area contributed by atoms with Crippen LogP contribution in [0.5, 0.6) is 11.5 Å². The third-order valence-corrected chi connectivity index (χ3v) is 5.20. The molecule has 1 aliphatic heterocycles. The Kier molecular flexibility index (Phi) is 5.83. The Morgan fingerprint density at radius 1 is 1.10 bits per heavy atom. The topological polar surface area (TPSA) is 89.7 Å². The smallest absolute Gasteiger partial charge is 0.263 e. The summed E-state index contributed by atoms with van der Waals surface area (Å²) >= 11 is 0. The average molecular weight is 408 g/mol. The van der Waals surface area contributed by atoms with Crippen molar-refractivity contribution in [3.8, 4) is 23.0 Å². The fraction of sp³-hybridized carbons (Fsp3) is 0.318. The number of nitrogens with one attached hydrogen (secondary N) is 1. The van der Waals surface area contributed by atoms with Gasteiger partial charge in [-0.15, -0.1) is 0 Å². The fourth-order valence-corrected chi connectivity index (χ4v) is 3.54. The first-order valence-corrected chi connectivity index (χ1v) is 9.85. The van der Waals surface area contributed by atoms with Crippen LogP contribution >= 0.6 is 0 Å². The van der Waals surface area contributed by atoms with E-state index < -0.39 is 0 Å². The van der Waals surface area contributed by atoms with E-state index in [1.807, 2.05) is 35.2 Å². The summed E-state index contributed by atoms with van der Waals surface area (Å²) in [5.74, 6) is 2.08. The van der Waals surface area contributed by atoms with Gasteiger partial charge in [0.1, 0.15) is 11.5 Å². The second kappa shape index (κ2) is 8.86. The Hall–Kier alpha value is -3.55. The van der Waals surface area contributed by atoms with Crippen LogP contribution in [-0.4, -0.2) is 54.3 Å². The van der Waals surface area contributed by atoms with Crippen LogP contribution in [0.2, 0.25) is 0 Å². The van der Waals surface area contributed by atoms with Gasteiger partial charge < -0.3 is 24.2 Å². The molecule has 156 valence electrons. The molecule has 0 aliphatic carbocycles. The summed E-state index contributed by atoms with van der Waals surface area (Å²) in [6, 6.07) is 15.1. The number of rotatable bonds is 6. The molecule has 1 N–H and O–H groups in total. The van der Waals surface area contributed by atoms with Crippen molar-refractivity contribution in [2.45, 2.75) is 18.9 Å². The predicted molar refractivity (Wildman–Crippen MR) is 112 cm³/mol. The Morgan fingerprint density at radius 2 is 1.87 bits per heavy atom. The molecule has 3 aromatic rings. The molecule has 0 spiro atoms. The average Bonchev–Trinajstić information content (AvgIpc) is 3.27. The van der Waals surface area contributed by atoms with Gasteiger partial charge in [0.05, 0.1) is 19.8 Å². The zero-order valence-electron chi connectivity index (χ0n) is 17.0. The number of likely N-dealkylation sites (tertiary alicyclic amines) is 1. The van der Waals surface area contributed by atoms with Gasteiger partial charge in [-0.3, -0.25) is 4.79 Å². The van der Waals surface area contributed by atoms with E-state index in [1.165, 1.54) is 0 Å². The third-order valence-electron chi connectivity index (χ3n) is 5.20. The maximum absolute atomic E-state index is 12.9. The maximum Gasteiger partial charge on any atom is 0.263 e. The number of carbonyl (C=O) groups is 1. The highest BCUT2D eigenvalue weighted by molar-refractivity contribution is 5.97. The molecule has 0 atom stereocenters. The number of ether oxygens (including phenoxy) is 2. The van der Waals surface area contributed by atoms with Crippen LogP contribution in [0.15, 0.2) is 53.1 Å². The van der Waals surface area contributed by atoms with E-state index in [-0.39, 0.29) is 11.9 Å². The predicted octanol–water partition coefficient (Wildman–Crippen LogP) is 3.47. The van der Waals surface area contributed by atoms with Crippen molar-refractivity contribution in [2.75, 3.05) is 32.6 Å². The lowest BCUT2D eigenvalue weighted by atomic mass is 10.0. The van der Waals surface area contributed by atoms with Gasteiger partial charge in [-0.2, -0.15) is 4.98 Å². The molecule has 1 saturated heterocycles. The quantitative estimate of drug-likeness (QED) is 0.668. The SMILES string of the molecule is COc1ccc(C(=O)N2CCC(Nc3noc(-c4ccccc4)n3)CC2)c(OC)c1. The monoisotopic (exact) mass is 408 g/mol. The molecule has 1 aromatic heterocycles. The van der Waals surface area contributed by atoms with Gasteiger partial charge in [-0.25, -0.2) is 0 Å². The highest BCUT2D eigenvalue weighted by atomic mass is 16.5. The zero-order valence-corrected chi connectivity index (χ0v) is 17.0. The van der Waals surface area contributed by atoms with E-state index in [4.69, 9.17) is 14.0 Å². The summed E-state index contributed by atoms with van der Waals surface area (Å²) in [7, 11) is 3.14. The number of carbonyl (C=O) groups excluding carboxylic acids is 1. The maximum atomic E-state index is 12.9. The minimum atomic E-state index is -0.0427. The number of methoxy groups -OCH3 is 2. The number of piperidine rings is 1. The summed E-state index contributed by atoms with van der Waals surface area (Å²) in [6.45, 7) is 1.27. The number of amides is 1. The Balaban J connectivity index is 1.35. The van der Waals surface area contributed by atoms with Crippen LogP contribution in [0.1, 0.15) is 23.2 Å². The molecule has 1 amide bonds. The number of hydrogen-bond acceptors (Lipinski definition) is 7. The van der Waals surface area contributed by atoms with Crippen LogP contribution in [-0.2, 0) is 0 Å². The number of anilines is 1. The van der Waals surface area contributed by atoms with Gasteiger partial charge in [0.2, 0.25) is 0 Å². The molecular weight excluding hydrogens is 384 g/mol. The summed E-state index contributed by atoms with van der Waals surface area (Å²) in [5, 5.41) is 7.33. The molecule has 0 radical (unpaired) electrons. The van der Waals surface area contributed by atoms with E-state index >= 15 is 0 Å². The summed E-state index contributed by atoms with van der Waals surface area (Å²) < 4.78 is 15.9. The Morgan fingerprint density at radius 3 is 2.57 bits per heavy atom. The van der Waals surface area contributed by atoms with Crippen molar-refractivity contribution < 1.29 is 18.8 Å². The van der Waals surface area contributed by atoms with Crippen molar-refractivity contribution >= 4 is 11.9 Å². The Labute approximate surface area is 174 Å². The third kappa shape index (κ3) is 4.22. The number of aromatic nitrogens is 2. The first-order chi connectivity index (χ1) is 14.7. The van der Waals surface area contributed by atoms with Crippen LogP contribution in [0.25, 0.3) is 11.5 Å². The van der Waals surface area contributed by atoms with Crippen molar-refractivity contribution in [1.29, 1.82) is 0 Å². The highest BCUT2D eigenvalue weighted by Crippen LogP contribution is 2.27. The zero-order chi connectivity index (χ0) is 20.9. The fourth-order valence-electron chi connectivity index (χ4n) is 3.54. The largest absolute Gasteiger partial charge is 0.497 e. The molecule has 2 aromatic carbocycles. The summed E-state index contributed by atoms with van der Waals surface area (Å²) in [6.07, 6.45) is 1.58. The summed E-state index contributed by atoms with van der Waals surface area (Å²) in [5.41, 5.74) is 1.42. The minimum Gasteiger partial charge on any atom is -0.497 e. The Bertz CT molecular complexity index is 997. The number of hydrogen-bond donors (Lipinski definition) is 1. The molecule has 2 heterocycles. The second-order valence-corrected chi connectivity index (χ2v) is 7.07. The first kappa shape index (κ1) is 19.8. The lowest BCUT2D eigenvalue weighted by Gasteiger charge is -2.32. The minimum absolute atomic E-state index is 0.0427. The van der Waals surface area contributed by atoms with E-state index in [1.54, 1.807) is 32.4 Å². The second-order valence-electron chi connectivity index (χ2n) is 7.07. The molecule has 1 aliphatic rings. The lowest BCUT2D eigenvalue weighted by molar-refractivity contribution is 0.0715. The molecule has 30 heavy (non-hydrogen) atoms. The van der Waals surface area contributed by atoms with Crippen molar-refractivity contribution in [3.05, 3.63) is 54.1 Å². The molecule has 8 nitrogen and oxygen atoms in total. The van der Waals surface area contributed by atoms with E-state index in [9.17, 15) is 4.79 Å². The van der Waals surface area contributed by atoms with Crippen LogP contribution in [0, 0.1) is 0 Å². The normalized spacial score (nSPS) is 14.4. The van der Waals surface area contributed by atoms with Crippen LogP contribution < -0.4 is 14.8 Å². The van der Waals surface area contributed by atoms with Gasteiger partial charge >= 0.3 is 0 Å². The molecule has 1 fully saturated rings. The standard InChI is InChI=1S/C22H24N4O4/c1-28-17-8-9-18(19(14-17)29-2)21(27)26-12-10-16(11-13-26)23-22-24-20(30-25-22)15-6-4-3-5-7-15/h3-9,14,16H,10-13H2,1-2H3,(H,23,25). The van der Waals surface area contributed by atoms with Gasteiger partial charge in [0.15, 0.2) is 0 Å². The van der Waals surface area contributed by atoms with E-state index in [0.717, 1.165) is 18.4 Å². The van der Waals surface area contributed by atoms with Gasteiger partial charge in [-0.1, -0.05) is 18.2 Å². The van der Waals surface area contributed by atoms with E-state index in [2.05, 4.69) is 15.5 Å². The van der Waals surface area contributed by atoms with Gasteiger partial charge in [0.25, 0.3) is 17.7 Å². The molecule has 8 heteroatoms. The van der Waals surface area contributed by atoms with Crippen molar-refractivity contribution in [3.63, 3.8) is 0 Å². The lowest BCUT2D eigenvalue weighted by Crippen LogP contribution is -2.42.